The average Bonchev–Trinajstić information content (AvgIpc) is 2.19. The molecule has 0 aromatic carbocycles. The largest absolute Gasteiger partial charge is 0.396 e. The Bertz CT molecular complexity index is 161. The lowest BCUT2D eigenvalue weighted by molar-refractivity contribution is -0.125. The molecule has 82 valence electrons. The zero-order valence-corrected chi connectivity index (χ0v) is 8.20. The fourth-order valence-electron chi connectivity index (χ4n) is 0.796. The second-order valence-electron chi connectivity index (χ2n) is 2.79. The molecule has 0 unspecified atom stereocenters. The van der Waals surface area contributed by atoms with Crippen LogP contribution in [0.15, 0.2) is 0 Å². The number of aldehydes is 1. The van der Waals surface area contributed by atoms with Gasteiger partial charge in [-0.3, -0.25) is 4.79 Å². The predicted molar refractivity (Wildman–Crippen MR) is 50.8 cm³/mol. The minimum Gasteiger partial charge on any atom is -0.396 e. The standard InChI is InChI=1S/C9H17NO4/c11-5-2-1-4-10-9(13)8-14-7-3-6-12/h5,12H,1-4,6-8H2,(H,10,13). The van der Waals surface area contributed by atoms with Crippen LogP contribution in [0.1, 0.15) is 19.3 Å². The summed E-state index contributed by atoms with van der Waals surface area (Å²) >= 11 is 0. The van der Waals surface area contributed by atoms with Gasteiger partial charge in [0.15, 0.2) is 0 Å². The summed E-state index contributed by atoms with van der Waals surface area (Å²) in [5, 5.41) is 11.0. The van der Waals surface area contributed by atoms with Crippen LogP contribution in [-0.2, 0) is 14.3 Å². The summed E-state index contributed by atoms with van der Waals surface area (Å²) in [6.45, 7) is 0.973. The van der Waals surface area contributed by atoms with Crippen molar-refractivity contribution in [3.8, 4) is 0 Å². The number of aliphatic hydroxyl groups is 1. The van der Waals surface area contributed by atoms with E-state index in [2.05, 4.69) is 5.32 Å². The number of ether oxygens (including phenoxy) is 1. The first-order chi connectivity index (χ1) is 6.81. The molecule has 0 aromatic rings. The Morgan fingerprint density at radius 1 is 1.43 bits per heavy atom. The number of nitrogens with one attached hydrogen (secondary N) is 1. The second-order valence-corrected chi connectivity index (χ2v) is 2.79. The number of rotatable bonds is 9. The molecular formula is C9H17NO4. The Hall–Kier alpha value is -0.940. The highest BCUT2D eigenvalue weighted by Crippen LogP contribution is 1.83. The van der Waals surface area contributed by atoms with E-state index in [9.17, 15) is 9.59 Å². The van der Waals surface area contributed by atoms with E-state index in [0.29, 0.717) is 32.4 Å². The fourth-order valence-corrected chi connectivity index (χ4v) is 0.796. The van der Waals surface area contributed by atoms with Crippen LogP contribution in [0, 0.1) is 0 Å². The summed E-state index contributed by atoms with van der Waals surface area (Å²) < 4.78 is 4.95. The van der Waals surface area contributed by atoms with Crippen LogP contribution in [0.5, 0.6) is 0 Å². The zero-order valence-electron chi connectivity index (χ0n) is 8.20. The summed E-state index contributed by atoms with van der Waals surface area (Å²) in [5.74, 6) is -0.186. The van der Waals surface area contributed by atoms with Gasteiger partial charge < -0.3 is 20.0 Å². The lowest BCUT2D eigenvalue weighted by atomic mass is 10.3. The molecule has 1 amide bonds. The molecule has 0 saturated heterocycles. The lowest BCUT2D eigenvalue weighted by Gasteiger charge is -2.04. The van der Waals surface area contributed by atoms with Crippen LogP contribution >= 0.6 is 0 Å². The summed E-state index contributed by atoms with van der Waals surface area (Å²) in [4.78, 5) is 20.9. The van der Waals surface area contributed by atoms with Crippen molar-refractivity contribution in [1.29, 1.82) is 0 Å². The van der Waals surface area contributed by atoms with E-state index in [1.54, 1.807) is 0 Å². The average molecular weight is 203 g/mol. The molecule has 5 nitrogen and oxygen atoms in total. The molecule has 0 aromatic heterocycles. The number of carbonyl (C=O) groups excluding carboxylic acids is 2. The van der Waals surface area contributed by atoms with Gasteiger partial charge in [-0.25, -0.2) is 0 Å². The smallest absolute Gasteiger partial charge is 0.245 e. The third-order valence-corrected chi connectivity index (χ3v) is 1.50. The third kappa shape index (κ3) is 9.15. The normalized spacial score (nSPS) is 9.79. The Morgan fingerprint density at radius 3 is 2.86 bits per heavy atom. The summed E-state index contributed by atoms with van der Waals surface area (Å²) in [6.07, 6.45) is 2.49. The molecule has 0 aliphatic heterocycles. The highest BCUT2D eigenvalue weighted by molar-refractivity contribution is 5.77. The molecule has 0 aliphatic carbocycles. The van der Waals surface area contributed by atoms with E-state index < -0.39 is 0 Å². The van der Waals surface area contributed by atoms with Crippen molar-refractivity contribution >= 4 is 12.2 Å². The molecule has 5 heteroatoms. The molecule has 0 bridgehead atoms. The Balaban J connectivity index is 3.15. The first-order valence-electron chi connectivity index (χ1n) is 4.70. The molecule has 0 rings (SSSR count). The molecule has 0 saturated carbocycles. The predicted octanol–water partition coefficient (Wildman–Crippen LogP) is -0.519. The molecule has 14 heavy (non-hydrogen) atoms. The quantitative estimate of drug-likeness (QED) is 0.390. The summed E-state index contributed by atoms with van der Waals surface area (Å²) in [7, 11) is 0. The highest BCUT2D eigenvalue weighted by Gasteiger charge is 1.99. The number of hydrogen-bond donors (Lipinski definition) is 2. The van der Waals surface area contributed by atoms with Crippen molar-refractivity contribution in [3.05, 3.63) is 0 Å². The first kappa shape index (κ1) is 13.1. The highest BCUT2D eigenvalue weighted by atomic mass is 16.5. The van der Waals surface area contributed by atoms with Gasteiger partial charge in [0.1, 0.15) is 12.9 Å². The SMILES string of the molecule is O=CCCCNC(=O)COCCCO. The zero-order chi connectivity index (χ0) is 10.6. The van der Waals surface area contributed by atoms with E-state index in [4.69, 9.17) is 9.84 Å². The molecule has 0 atom stereocenters. The van der Waals surface area contributed by atoms with Crippen molar-refractivity contribution in [1.82, 2.24) is 5.32 Å². The van der Waals surface area contributed by atoms with Crippen LogP contribution in [0.3, 0.4) is 0 Å². The molecule has 0 aliphatic rings. The van der Waals surface area contributed by atoms with E-state index in [-0.39, 0.29) is 19.1 Å². The second kappa shape index (κ2) is 10.1. The van der Waals surface area contributed by atoms with Crippen LogP contribution in [0.25, 0.3) is 0 Å². The minimum absolute atomic E-state index is 0.0150. The molecule has 0 heterocycles. The third-order valence-electron chi connectivity index (χ3n) is 1.50. The number of amides is 1. The van der Waals surface area contributed by atoms with Crippen molar-refractivity contribution in [2.45, 2.75) is 19.3 Å². The Kier molecular flexibility index (Phi) is 9.46. The molecule has 0 fully saturated rings. The number of aliphatic hydroxyl groups excluding tert-OH is 1. The number of hydrogen-bond acceptors (Lipinski definition) is 4. The van der Waals surface area contributed by atoms with Gasteiger partial charge in [-0.1, -0.05) is 0 Å². The molecular weight excluding hydrogens is 186 g/mol. The van der Waals surface area contributed by atoms with Crippen molar-refractivity contribution < 1.29 is 19.4 Å². The Labute approximate surface area is 83.4 Å². The van der Waals surface area contributed by atoms with E-state index in [0.717, 1.165) is 6.29 Å². The van der Waals surface area contributed by atoms with E-state index in [1.807, 2.05) is 0 Å². The van der Waals surface area contributed by atoms with Gasteiger partial charge in [-0.05, 0) is 12.8 Å². The van der Waals surface area contributed by atoms with Crippen molar-refractivity contribution in [2.24, 2.45) is 0 Å². The maximum absolute atomic E-state index is 11.0. The first-order valence-corrected chi connectivity index (χ1v) is 4.70. The van der Waals surface area contributed by atoms with Gasteiger partial charge in [0.2, 0.25) is 5.91 Å². The van der Waals surface area contributed by atoms with Crippen molar-refractivity contribution in [2.75, 3.05) is 26.4 Å². The summed E-state index contributed by atoms with van der Waals surface area (Å²) in [5.41, 5.74) is 0. The van der Waals surface area contributed by atoms with Gasteiger partial charge in [0.25, 0.3) is 0 Å². The topological polar surface area (TPSA) is 75.6 Å². The minimum atomic E-state index is -0.186. The number of carbonyl (C=O) groups is 2. The molecule has 0 spiro atoms. The molecule has 0 radical (unpaired) electrons. The fraction of sp³-hybridized carbons (Fsp3) is 0.778. The van der Waals surface area contributed by atoms with Crippen LogP contribution in [-0.4, -0.2) is 43.7 Å². The van der Waals surface area contributed by atoms with Gasteiger partial charge in [-0.2, -0.15) is 0 Å². The summed E-state index contributed by atoms with van der Waals surface area (Å²) in [6, 6.07) is 0. The Morgan fingerprint density at radius 2 is 2.21 bits per heavy atom. The van der Waals surface area contributed by atoms with Crippen LogP contribution < -0.4 is 5.32 Å². The maximum atomic E-state index is 11.0. The van der Waals surface area contributed by atoms with E-state index in [1.165, 1.54) is 0 Å². The monoisotopic (exact) mass is 203 g/mol. The number of unbranched alkanes of at least 4 members (excludes halogenated alkanes) is 1. The van der Waals surface area contributed by atoms with Gasteiger partial charge in [0, 0.05) is 26.2 Å². The van der Waals surface area contributed by atoms with Gasteiger partial charge >= 0.3 is 0 Å². The van der Waals surface area contributed by atoms with Crippen LogP contribution in [0.2, 0.25) is 0 Å². The van der Waals surface area contributed by atoms with Gasteiger partial charge in [0.05, 0.1) is 0 Å². The van der Waals surface area contributed by atoms with E-state index >= 15 is 0 Å². The molecule has 2 N–H and O–H groups in total. The van der Waals surface area contributed by atoms with Crippen LogP contribution in [0.4, 0.5) is 0 Å². The lowest BCUT2D eigenvalue weighted by Crippen LogP contribution is -2.28. The maximum Gasteiger partial charge on any atom is 0.245 e. The van der Waals surface area contributed by atoms with Crippen molar-refractivity contribution in [3.63, 3.8) is 0 Å². The van der Waals surface area contributed by atoms with Gasteiger partial charge in [-0.15, -0.1) is 0 Å².